The summed E-state index contributed by atoms with van der Waals surface area (Å²) in [5, 5.41) is 3.72. The van der Waals surface area contributed by atoms with Gasteiger partial charge in [-0.25, -0.2) is 9.97 Å². The van der Waals surface area contributed by atoms with E-state index in [0.29, 0.717) is 6.04 Å². The highest BCUT2D eigenvalue weighted by molar-refractivity contribution is 5.76. The Morgan fingerprint density at radius 3 is 2.77 bits per heavy atom. The first-order chi connectivity index (χ1) is 12.8. The van der Waals surface area contributed by atoms with Crippen molar-refractivity contribution in [2.24, 2.45) is 0 Å². The minimum atomic E-state index is 0.519. The number of fused-ring (bicyclic) bond motifs is 1. The summed E-state index contributed by atoms with van der Waals surface area (Å²) in [4.78, 5) is 9.20. The Morgan fingerprint density at radius 1 is 1.19 bits per heavy atom. The standard InChI is InChI=1S/C21H26N4O/c1-2-3-15-26-18-11-9-16(10-12-18)19-20(23-17-7-4-5-8-17)25-14-6-13-22-21(25)24-19/h6,9-14,17,23H,2-5,7-8,15H2,1H3. The molecule has 136 valence electrons. The van der Waals surface area contributed by atoms with Gasteiger partial charge < -0.3 is 10.1 Å². The monoisotopic (exact) mass is 350 g/mol. The van der Waals surface area contributed by atoms with Gasteiger partial charge in [0.1, 0.15) is 17.3 Å². The zero-order chi connectivity index (χ0) is 17.8. The molecule has 0 radical (unpaired) electrons. The molecule has 1 aromatic carbocycles. The Morgan fingerprint density at radius 2 is 2.00 bits per heavy atom. The van der Waals surface area contributed by atoms with Crippen LogP contribution in [0.15, 0.2) is 42.7 Å². The minimum Gasteiger partial charge on any atom is -0.494 e. The molecule has 1 N–H and O–H groups in total. The summed E-state index contributed by atoms with van der Waals surface area (Å²) in [6.07, 6.45) is 11.1. The van der Waals surface area contributed by atoms with Crippen molar-refractivity contribution in [3.05, 3.63) is 42.7 Å². The van der Waals surface area contributed by atoms with Crippen LogP contribution in [0.2, 0.25) is 0 Å². The fraction of sp³-hybridized carbons (Fsp3) is 0.429. The first-order valence-corrected chi connectivity index (χ1v) is 9.68. The summed E-state index contributed by atoms with van der Waals surface area (Å²) in [5.74, 6) is 2.68. The third-order valence-corrected chi connectivity index (χ3v) is 4.99. The summed E-state index contributed by atoms with van der Waals surface area (Å²) in [7, 11) is 0. The lowest BCUT2D eigenvalue weighted by molar-refractivity contribution is 0.309. The Kier molecular flexibility index (Phi) is 5.04. The van der Waals surface area contributed by atoms with Crippen molar-refractivity contribution in [2.45, 2.75) is 51.5 Å². The predicted octanol–water partition coefficient (Wildman–Crippen LogP) is 4.93. The van der Waals surface area contributed by atoms with Crippen LogP contribution >= 0.6 is 0 Å². The van der Waals surface area contributed by atoms with Crippen molar-refractivity contribution in [2.75, 3.05) is 11.9 Å². The van der Waals surface area contributed by atoms with Crippen molar-refractivity contribution in [3.8, 4) is 17.0 Å². The van der Waals surface area contributed by atoms with E-state index in [1.807, 2.05) is 24.4 Å². The molecule has 5 nitrogen and oxygen atoms in total. The van der Waals surface area contributed by atoms with Crippen LogP contribution in [-0.2, 0) is 0 Å². The number of ether oxygens (including phenoxy) is 1. The first kappa shape index (κ1) is 16.9. The number of nitrogens with zero attached hydrogens (tertiary/aromatic N) is 3. The van der Waals surface area contributed by atoms with Gasteiger partial charge in [-0.1, -0.05) is 26.2 Å². The number of imidazole rings is 1. The van der Waals surface area contributed by atoms with E-state index in [9.17, 15) is 0 Å². The number of rotatable bonds is 7. The normalized spacial score (nSPS) is 14.8. The SMILES string of the molecule is CCCCOc1ccc(-c2nc3ncccn3c2NC2CCCC2)cc1. The highest BCUT2D eigenvalue weighted by Crippen LogP contribution is 2.32. The van der Waals surface area contributed by atoms with Crippen LogP contribution in [0.3, 0.4) is 0 Å². The average molecular weight is 350 g/mol. The molecule has 0 unspecified atom stereocenters. The molecule has 0 saturated heterocycles. The number of nitrogens with one attached hydrogen (secondary N) is 1. The molecule has 1 saturated carbocycles. The molecule has 2 heterocycles. The lowest BCUT2D eigenvalue weighted by Gasteiger charge is -2.14. The van der Waals surface area contributed by atoms with E-state index in [0.717, 1.165) is 48.1 Å². The molecule has 1 fully saturated rings. The molecule has 1 aliphatic carbocycles. The minimum absolute atomic E-state index is 0.519. The quantitative estimate of drug-likeness (QED) is 0.614. The molecule has 0 bridgehead atoms. The van der Waals surface area contributed by atoms with Gasteiger partial charge in [0, 0.05) is 24.0 Å². The topological polar surface area (TPSA) is 51.5 Å². The maximum absolute atomic E-state index is 5.78. The Labute approximate surface area is 154 Å². The van der Waals surface area contributed by atoms with Crippen LogP contribution < -0.4 is 10.1 Å². The third-order valence-electron chi connectivity index (χ3n) is 4.99. The van der Waals surface area contributed by atoms with E-state index in [1.54, 1.807) is 6.20 Å². The molecule has 26 heavy (non-hydrogen) atoms. The van der Waals surface area contributed by atoms with Crippen LogP contribution in [0.25, 0.3) is 17.0 Å². The number of unbranched alkanes of at least 4 members (excludes halogenated alkanes) is 1. The fourth-order valence-corrected chi connectivity index (χ4v) is 3.53. The van der Waals surface area contributed by atoms with Gasteiger partial charge in [-0.15, -0.1) is 0 Å². The average Bonchev–Trinajstić information content (AvgIpc) is 3.31. The second kappa shape index (κ2) is 7.77. The van der Waals surface area contributed by atoms with Crippen molar-refractivity contribution in [1.82, 2.24) is 14.4 Å². The molecule has 1 aliphatic rings. The predicted molar refractivity (Wildman–Crippen MR) is 105 cm³/mol. The number of hydrogen-bond donors (Lipinski definition) is 1. The summed E-state index contributed by atoms with van der Waals surface area (Å²) in [6.45, 7) is 2.94. The van der Waals surface area contributed by atoms with Crippen LogP contribution in [0, 0.1) is 0 Å². The van der Waals surface area contributed by atoms with Crippen LogP contribution in [0.1, 0.15) is 45.4 Å². The summed E-state index contributed by atoms with van der Waals surface area (Å²) in [5.41, 5.74) is 2.04. The molecule has 5 heteroatoms. The molecular weight excluding hydrogens is 324 g/mol. The van der Waals surface area contributed by atoms with E-state index in [4.69, 9.17) is 9.72 Å². The molecule has 3 aromatic rings. The number of benzene rings is 1. The van der Waals surface area contributed by atoms with Gasteiger partial charge in [0.25, 0.3) is 0 Å². The lowest BCUT2D eigenvalue weighted by atomic mass is 10.1. The first-order valence-electron chi connectivity index (χ1n) is 9.68. The smallest absolute Gasteiger partial charge is 0.235 e. The van der Waals surface area contributed by atoms with Crippen LogP contribution in [0.5, 0.6) is 5.75 Å². The zero-order valence-corrected chi connectivity index (χ0v) is 15.3. The Bertz CT molecular complexity index is 850. The van der Waals surface area contributed by atoms with Crippen molar-refractivity contribution in [1.29, 1.82) is 0 Å². The van der Waals surface area contributed by atoms with Gasteiger partial charge in [-0.05, 0) is 49.6 Å². The molecular formula is C21H26N4O. The lowest BCUT2D eigenvalue weighted by Crippen LogP contribution is -2.16. The van der Waals surface area contributed by atoms with Crippen LogP contribution in [0.4, 0.5) is 5.82 Å². The summed E-state index contributed by atoms with van der Waals surface area (Å²) < 4.78 is 7.84. The van der Waals surface area contributed by atoms with Crippen LogP contribution in [-0.4, -0.2) is 27.0 Å². The van der Waals surface area contributed by atoms with Gasteiger partial charge in [0.15, 0.2) is 0 Å². The highest BCUT2D eigenvalue weighted by atomic mass is 16.5. The molecule has 2 aromatic heterocycles. The van der Waals surface area contributed by atoms with Gasteiger partial charge in [0.2, 0.25) is 5.78 Å². The van der Waals surface area contributed by atoms with Gasteiger partial charge in [-0.3, -0.25) is 4.40 Å². The molecule has 4 rings (SSSR count). The maximum atomic E-state index is 5.78. The Balaban J connectivity index is 1.64. The van der Waals surface area contributed by atoms with Gasteiger partial charge >= 0.3 is 0 Å². The summed E-state index contributed by atoms with van der Waals surface area (Å²) in [6, 6.07) is 10.7. The highest BCUT2D eigenvalue weighted by Gasteiger charge is 2.20. The second-order valence-electron chi connectivity index (χ2n) is 6.95. The van der Waals surface area contributed by atoms with Crippen molar-refractivity contribution < 1.29 is 4.74 Å². The van der Waals surface area contributed by atoms with E-state index in [1.165, 1.54) is 25.7 Å². The number of hydrogen-bond acceptors (Lipinski definition) is 4. The number of aromatic nitrogens is 3. The molecule has 0 amide bonds. The van der Waals surface area contributed by atoms with E-state index < -0.39 is 0 Å². The van der Waals surface area contributed by atoms with Crippen molar-refractivity contribution in [3.63, 3.8) is 0 Å². The fourth-order valence-electron chi connectivity index (χ4n) is 3.53. The maximum Gasteiger partial charge on any atom is 0.235 e. The molecule has 0 aliphatic heterocycles. The third kappa shape index (κ3) is 3.52. The van der Waals surface area contributed by atoms with Gasteiger partial charge in [0.05, 0.1) is 6.61 Å². The Hall–Kier alpha value is -2.56. The molecule has 0 spiro atoms. The molecule has 0 atom stereocenters. The van der Waals surface area contributed by atoms with Gasteiger partial charge in [-0.2, -0.15) is 0 Å². The largest absolute Gasteiger partial charge is 0.494 e. The summed E-state index contributed by atoms with van der Waals surface area (Å²) >= 11 is 0. The zero-order valence-electron chi connectivity index (χ0n) is 15.3. The van der Waals surface area contributed by atoms with E-state index in [2.05, 4.69) is 33.8 Å². The number of anilines is 1. The van der Waals surface area contributed by atoms with E-state index >= 15 is 0 Å². The van der Waals surface area contributed by atoms with Crippen molar-refractivity contribution >= 4 is 11.6 Å². The van der Waals surface area contributed by atoms with E-state index in [-0.39, 0.29) is 0 Å². The second-order valence-corrected chi connectivity index (χ2v) is 6.95.